The number of nitrogens with zero attached hydrogens (tertiary/aromatic N) is 1. The zero-order chi connectivity index (χ0) is 33.0. The molecular formula is C29H39N7O8S. The van der Waals surface area contributed by atoms with Gasteiger partial charge in [0.15, 0.2) is 0 Å². The van der Waals surface area contributed by atoms with Crippen LogP contribution in [0.1, 0.15) is 31.2 Å². The third kappa shape index (κ3) is 15.0. The van der Waals surface area contributed by atoms with Crippen LogP contribution in [0.5, 0.6) is 0 Å². The summed E-state index contributed by atoms with van der Waals surface area (Å²) < 4.78 is 5.18. The Morgan fingerprint density at radius 1 is 0.800 bits per heavy atom. The summed E-state index contributed by atoms with van der Waals surface area (Å²) in [5.41, 5.74) is 0.762. The molecule has 2 rings (SSSR count). The van der Waals surface area contributed by atoms with Crippen LogP contribution < -0.4 is 31.9 Å². The van der Waals surface area contributed by atoms with Crippen LogP contribution >= 0.6 is 12.2 Å². The van der Waals surface area contributed by atoms with E-state index in [9.17, 15) is 33.6 Å². The number of imide groups is 1. The smallest absolute Gasteiger partial charge is 0.253 e. The average molecular weight is 646 g/mol. The summed E-state index contributed by atoms with van der Waals surface area (Å²) in [5.74, 6) is -3.41. The zero-order valence-electron chi connectivity index (χ0n) is 25.0. The van der Waals surface area contributed by atoms with E-state index in [4.69, 9.17) is 17.0 Å². The van der Waals surface area contributed by atoms with Gasteiger partial charge in [-0.1, -0.05) is 49.0 Å². The van der Waals surface area contributed by atoms with Gasteiger partial charge in [0.2, 0.25) is 29.5 Å². The van der Waals surface area contributed by atoms with Crippen molar-refractivity contribution in [2.45, 2.75) is 38.1 Å². The third-order valence-corrected chi connectivity index (χ3v) is 6.64. The monoisotopic (exact) mass is 645 g/mol. The average Bonchev–Trinajstić information content (AvgIpc) is 3.35. The van der Waals surface area contributed by atoms with Gasteiger partial charge < -0.3 is 36.6 Å². The number of hydrogen-bond acceptors (Lipinski definition) is 9. The van der Waals surface area contributed by atoms with Crippen molar-refractivity contribution >= 4 is 58.6 Å². The van der Waals surface area contributed by atoms with Gasteiger partial charge in [0, 0.05) is 38.6 Å². The number of ether oxygens (including phenoxy) is 1. The molecule has 45 heavy (non-hydrogen) atoms. The topological polar surface area (TPSA) is 204 Å². The van der Waals surface area contributed by atoms with Gasteiger partial charge in [0.1, 0.15) is 17.8 Å². The largest absolute Gasteiger partial charge is 0.381 e. The molecular weight excluding hydrogens is 606 g/mol. The molecule has 0 aliphatic carbocycles. The molecule has 1 unspecified atom stereocenters. The van der Waals surface area contributed by atoms with Crippen LogP contribution in [0.15, 0.2) is 42.5 Å². The first kappa shape index (κ1) is 36.5. The maximum absolute atomic E-state index is 12.9. The van der Waals surface area contributed by atoms with Crippen LogP contribution in [0.4, 0.5) is 0 Å². The molecule has 1 aliphatic heterocycles. The van der Waals surface area contributed by atoms with Crippen LogP contribution in [0, 0.1) is 0 Å². The highest BCUT2D eigenvalue weighted by Crippen LogP contribution is 2.08. The molecule has 0 spiro atoms. The number of carbonyl (C=O) groups is 7. The summed E-state index contributed by atoms with van der Waals surface area (Å²) in [6.07, 6.45) is 4.40. The van der Waals surface area contributed by atoms with Gasteiger partial charge in [-0.3, -0.25) is 38.5 Å². The Kier molecular flexibility index (Phi) is 16.5. The molecule has 1 aliphatic rings. The van der Waals surface area contributed by atoms with E-state index in [0.717, 1.165) is 10.5 Å². The Morgan fingerprint density at radius 2 is 1.42 bits per heavy atom. The van der Waals surface area contributed by atoms with E-state index in [1.54, 1.807) is 37.4 Å². The standard InChI is InChI=1S/C29H39N7O8S/c1-30-26(45)18-44-19-34-24(39)16-33-29(43)21(14-20-8-4-2-5-9-20)35-25(40)17-32-23(38)15-31-22(37)10-6-3-7-13-36-27(41)11-12-28(36)42/h2,4-5,8-9,11-12,21H,3,6-7,10,13-19H2,1H3,(H,30,45)(H,31,37)(H,32,38)(H,33,43)(H,34,39)(H,35,40). The number of amides is 7. The predicted molar refractivity (Wildman–Crippen MR) is 166 cm³/mol. The maximum Gasteiger partial charge on any atom is 0.253 e. The van der Waals surface area contributed by atoms with Crippen molar-refractivity contribution in [1.82, 2.24) is 36.8 Å². The molecule has 16 heteroatoms. The second kappa shape index (κ2) is 20.3. The van der Waals surface area contributed by atoms with Crippen molar-refractivity contribution in [2.75, 3.05) is 46.6 Å². The Balaban J connectivity index is 1.69. The molecule has 1 aromatic rings. The number of carbonyl (C=O) groups excluding carboxylic acids is 7. The lowest BCUT2D eigenvalue weighted by Crippen LogP contribution is -2.52. The first-order chi connectivity index (χ1) is 21.6. The third-order valence-electron chi connectivity index (χ3n) is 6.32. The van der Waals surface area contributed by atoms with Crippen molar-refractivity contribution < 1.29 is 38.3 Å². The minimum Gasteiger partial charge on any atom is -0.381 e. The second-order valence-corrected chi connectivity index (χ2v) is 10.3. The molecule has 1 aromatic carbocycles. The quantitative estimate of drug-likeness (QED) is 0.0406. The van der Waals surface area contributed by atoms with E-state index in [1.807, 2.05) is 0 Å². The predicted octanol–water partition coefficient (Wildman–Crippen LogP) is -1.81. The summed E-state index contributed by atoms with van der Waals surface area (Å²) in [6, 6.07) is 7.90. The van der Waals surface area contributed by atoms with Crippen LogP contribution in [0.2, 0.25) is 0 Å². The second-order valence-electron chi connectivity index (χ2n) is 9.82. The lowest BCUT2D eigenvalue weighted by atomic mass is 10.1. The normalized spacial score (nSPS) is 12.7. The Morgan fingerprint density at radius 3 is 2.11 bits per heavy atom. The van der Waals surface area contributed by atoms with Crippen LogP contribution in [-0.4, -0.2) is 104 Å². The Bertz CT molecular complexity index is 1240. The van der Waals surface area contributed by atoms with Gasteiger partial charge in [-0.05, 0) is 18.4 Å². The van der Waals surface area contributed by atoms with Gasteiger partial charge in [-0.2, -0.15) is 0 Å². The highest BCUT2D eigenvalue weighted by molar-refractivity contribution is 7.80. The molecule has 244 valence electrons. The van der Waals surface area contributed by atoms with E-state index in [0.29, 0.717) is 24.3 Å². The number of nitrogens with one attached hydrogen (secondary N) is 6. The van der Waals surface area contributed by atoms with Gasteiger partial charge in [0.25, 0.3) is 11.8 Å². The summed E-state index contributed by atoms with van der Waals surface area (Å²) in [6.45, 7) is -0.845. The van der Waals surface area contributed by atoms with Gasteiger partial charge in [0.05, 0.1) is 26.2 Å². The molecule has 0 bridgehead atoms. The highest BCUT2D eigenvalue weighted by atomic mass is 32.1. The van der Waals surface area contributed by atoms with Crippen molar-refractivity contribution in [3.05, 3.63) is 48.0 Å². The fraction of sp³-hybridized carbons (Fsp3) is 0.448. The fourth-order valence-corrected chi connectivity index (χ4v) is 3.98. The van der Waals surface area contributed by atoms with E-state index >= 15 is 0 Å². The highest BCUT2D eigenvalue weighted by Gasteiger charge is 2.23. The zero-order valence-corrected chi connectivity index (χ0v) is 25.8. The molecule has 0 fully saturated rings. The van der Waals surface area contributed by atoms with Crippen LogP contribution in [0.3, 0.4) is 0 Å². The number of benzene rings is 1. The molecule has 7 amide bonds. The Hall–Kier alpha value is -4.70. The summed E-state index contributed by atoms with van der Waals surface area (Å²) in [4.78, 5) is 86.3. The molecule has 1 heterocycles. The van der Waals surface area contributed by atoms with Gasteiger partial charge in [-0.25, -0.2) is 0 Å². The number of likely N-dealkylation sites (N-methyl/N-ethyl adjacent to an activating group) is 1. The number of rotatable bonds is 20. The molecule has 0 saturated carbocycles. The Labute approximate surface area is 266 Å². The molecule has 0 saturated heterocycles. The SMILES string of the molecule is CNC(=S)COCNC(=O)CNC(=O)C(Cc1ccccc1)NC(=O)CNC(=O)CNC(=O)CCCCCN1C(=O)C=CC1=O. The van der Waals surface area contributed by atoms with Crippen LogP contribution in [-0.2, 0) is 44.7 Å². The minimum absolute atomic E-state index is 0.107. The van der Waals surface area contributed by atoms with Crippen LogP contribution in [0.25, 0.3) is 0 Å². The fourth-order valence-electron chi connectivity index (χ4n) is 3.90. The minimum atomic E-state index is -1.04. The van der Waals surface area contributed by atoms with Crippen molar-refractivity contribution in [3.8, 4) is 0 Å². The number of unbranched alkanes of at least 4 members (excludes halogenated alkanes) is 2. The summed E-state index contributed by atoms with van der Waals surface area (Å²) in [7, 11) is 1.65. The van der Waals surface area contributed by atoms with E-state index < -0.39 is 36.2 Å². The summed E-state index contributed by atoms with van der Waals surface area (Å²) in [5, 5.41) is 15.1. The number of thiocarbonyl (C=S) groups is 1. The lowest BCUT2D eigenvalue weighted by Gasteiger charge is -2.19. The lowest BCUT2D eigenvalue weighted by molar-refractivity contribution is -0.137. The molecule has 15 nitrogen and oxygen atoms in total. The number of hydrogen-bond donors (Lipinski definition) is 6. The molecule has 0 radical (unpaired) electrons. The molecule has 0 aromatic heterocycles. The van der Waals surface area contributed by atoms with Gasteiger partial charge >= 0.3 is 0 Å². The molecule has 6 N–H and O–H groups in total. The molecule has 1 atom stereocenters. The first-order valence-electron chi connectivity index (χ1n) is 14.3. The first-order valence-corrected chi connectivity index (χ1v) is 14.7. The van der Waals surface area contributed by atoms with Gasteiger partial charge in [-0.15, -0.1) is 0 Å². The maximum atomic E-state index is 12.9. The summed E-state index contributed by atoms with van der Waals surface area (Å²) >= 11 is 4.94. The van der Waals surface area contributed by atoms with E-state index in [-0.39, 0.29) is 63.5 Å². The van der Waals surface area contributed by atoms with Crippen molar-refractivity contribution in [2.24, 2.45) is 0 Å². The van der Waals surface area contributed by atoms with E-state index in [1.165, 1.54) is 12.2 Å². The van der Waals surface area contributed by atoms with E-state index in [2.05, 4.69) is 31.9 Å². The van der Waals surface area contributed by atoms with Crippen molar-refractivity contribution in [1.29, 1.82) is 0 Å². The van der Waals surface area contributed by atoms with Crippen molar-refractivity contribution in [3.63, 3.8) is 0 Å².